The molecule has 0 fully saturated rings. The van der Waals surface area contributed by atoms with Gasteiger partial charge in [-0.25, -0.2) is 4.79 Å². The molecule has 0 aromatic carbocycles. The first-order valence-corrected chi connectivity index (χ1v) is 6.69. The zero-order valence-electron chi connectivity index (χ0n) is 8.69. The Morgan fingerprint density at radius 2 is 2.24 bits per heavy atom. The van der Waals surface area contributed by atoms with Crippen LogP contribution in [0.15, 0.2) is 10.9 Å². The van der Waals surface area contributed by atoms with Crippen LogP contribution in [0.5, 0.6) is 0 Å². The number of carboxylic acid groups (broad SMARTS) is 1. The van der Waals surface area contributed by atoms with E-state index >= 15 is 0 Å². The molecule has 1 aliphatic rings. The van der Waals surface area contributed by atoms with Crippen LogP contribution in [0.1, 0.15) is 20.1 Å². The molecule has 3 rings (SSSR count). The molecule has 1 aliphatic heterocycles. The molecule has 4 nitrogen and oxygen atoms in total. The monoisotopic (exact) mass is 268 g/mol. The molecule has 88 valence electrons. The van der Waals surface area contributed by atoms with Crippen molar-refractivity contribution in [1.82, 2.24) is 0 Å². The van der Waals surface area contributed by atoms with E-state index in [0.29, 0.717) is 18.6 Å². The van der Waals surface area contributed by atoms with E-state index in [-0.39, 0.29) is 9.62 Å². The molecule has 17 heavy (non-hydrogen) atoms. The summed E-state index contributed by atoms with van der Waals surface area (Å²) in [5, 5.41) is 9.62. The summed E-state index contributed by atoms with van der Waals surface area (Å²) in [6, 6.07) is 1.59. The maximum absolute atomic E-state index is 12.0. The van der Waals surface area contributed by atoms with Gasteiger partial charge in [-0.2, -0.15) is 0 Å². The van der Waals surface area contributed by atoms with Crippen LogP contribution in [0.2, 0.25) is 0 Å². The number of ether oxygens (including phenoxy) is 1. The Morgan fingerprint density at radius 3 is 3.00 bits per heavy atom. The minimum Gasteiger partial charge on any atom is -0.477 e. The largest absolute Gasteiger partial charge is 0.477 e. The normalized spacial score (nSPS) is 14.8. The smallest absolute Gasteiger partial charge is 0.346 e. The van der Waals surface area contributed by atoms with E-state index in [2.05, 4.69) is 0 Å². The maximum Gasteiger partial charge on any atom is 0.346 e. The van der Waals surface area contributed by atoms with Gasteiger partial charge < -0.3 is 9.84 Å². The van der Waals surface area contributed by atoms with Crippen LogP contribution < -0.4 is 4.74 Å². The molecule has 0 saturated carbocycles. The van der Waals surface area contributed by atoms with Gasteiger partial charge in [0.25, 0.3) is 0 Å². The first kappa shape index (κ1) is 10.9. The average molecular weight is 268 g/mol. The van der Waals surface area contributed by atoms with E-state index in [1.165, 1.54) is 11.3 Å². The van der Waals surface area contributed by atoms with Gasteiger partial charge >= 0.3 is 5.97 Å². The van der Waals surface area contributed by atoms with Crippen LogP contribution >= 0.6 is 22.7 Å². The minimum absolute atomic E-state index is 0.0991. The molecule has 2 aromatic rings. The van der Waals surface area contributed by atoms with Gasteiger partial charge in [0.2, 0.25) is 4.74 Å². The molecule has 0 saturated heterocycles. The van der Waals surface area contributed by atoms with Crippen molar-refractivity contribution in [3.05, 3.63) is 30.9 Å². The lowest BCUT2D eigenvalue weighted by Gasteiger charge is -2.11. The van der Waals surface area contributed by atoms with Gasteiger partial charge in [0.1, 0.15) is 4.88 Å². The van der Waals surface area contributed by atoms with Crippen molar-refractivity contribution in [3.63, 3.8) is 0 Å². The number of carboxylic acids is 1. The van der Waals surface area contributed by atoms with E-state index in [9.17, 15) is 9.59 Å². The molecule has 2 aromatic heterocycles. The van der Waals surface area contributed by atoms with Crippen LogP contribution in [-0.4, -0.2) is 17.7 Å². The van der Waals surface area contributed by atoms with Crippen molar-refractivity contribution < 1.29 is 14.6 Å². The lowest BCUT2D eigenvalue weighted by molar-refractivity contribution is 0.0702. The fraction of sp³-hybridized carbons (Fsp3) is 0.273. The summed E-state index contributed by atoms with van der Waals surface area (Å²) in [5.41, 5.74) is 1.05. The van der Waals surface area contributed by atoms with Gasteiger partial charge in [-0.1, -0.05) is 11.3 Å². The summed E-state index contributed by atoms with van der Waals surface area (Å²) in [7, 11) is 0. The summed E-state index contributed by atoms with van der Waals surface area (Å²) in [6.45, 7) is 1.16. The predicted octanol–water partition coefficient (Wildman–Crippen LogP) is 2.09. The SMILES string of the molecule is O=C(O)c1cc2sc3c(c2c(=O)s1)CCOC3. The number of carbonyl (C=O) groups is 1. The summed E-state index contributed by atoms with van der Waals surface area (Å²) in [5.74, 6) is -1.04. The van der Waals surface area contributed by atoms with Crippen molar-refractivity contribution in [3.8, 4) is 0 Å². The topological polar surface area (TPSA) is 63.6 Å². The highest BCUT2D eigenvalue weighted by Crippen LogP contribution is 2.33. The molecule has 1 N–H and O–H groups in total. The Balaban J connectivity index is 2.34. The maximum atomic E-state index is 12.0. The zero-order valence-corrected chi connectivity index (χ0v) is 10.3. The van der Waals surface area contributed by atoms with E-state index in [0.717, 1.165) is 32.9 Å². The summed E-state index contributed by atoms with van der Waals surface area (Å²) < 4.78 is 5.95. The molecular formula is C11H8O4S2. The molecule has 0 amide bonds. The van der Waals surface area contributed by atoms with Crippen molar-refractivity contribution >= 4 is 38.7 Å². The third kappa shape index (κ3) is 1.69. The number of fused-ring (bicyclic) bond motifs is 3. The standard InChI is InChI=1S/C11H8O4S2/c12-10(13)7-3-6-9(11(14)17-7)5-1-2-15-4-8(5)16-6/h3H,1-2,4H2,(H,12,13). The van der Waals surface area contributed by atoms with E-state index < -0.39 is 5.97 Å². The molecule has 0 radical (unpaired) electrons. The van der Waals surface area contributed by atoms with Crippen LogP contribution in [0.4, 0.5) is 0 Å². The molecule has 0 aliphatic carbocycles. The average Bonchev–Trinajstić information content (AvgIpc) is 2.67. The van der Waals surface area contributed by atoms with Gasteiger partial charge in [-0.3, -0.25) is 4.79 Å². The predicted molar refractivity (Wildman–Crippen MR) is 66.3 cm³/mol. The quantitative estimate of drug-likeness (QED) is 0.860. The fourth-order valence-electron chi connectivity index (χ4n) is 1.98. The summed E-state index contributed by atoms with van der Waals surface area (Å²) in [6.07, 6.45) is 0.740. The number of rotatable bonds is 1. The van der Waals surface area contributed by atoms with Crippen LogP contribution in [0.3, 0.4) is 0 Å². The highest BCUT2D eigenvalue weighted by atomic mass is 32.1. The van der Waals surface area contributed by atoms with Crippen molar-refractivity contribution in [2.45, 2.75) is 13.0 Å². The lowest BCUT2D eigenvalue weighted by Crippen LogP contribution is -2.09. The van der Waals surface area contributed by atoms with Gasteiger partial charge in [-0.05, 0) is 18.1 Å². The third-order valence-electron chi connectivity index (χ3n) is 2.73. The van der Waals surface area contributed by atoms with Crippen LogP contribution in [-0.2, 0) is 17.8 Å². The lowest BCUT2D eigenvalue weighted by atomic mass is 10.1. The Morgan fingerprint density at radius 1 is 1.41 bits per heavy atom. The zero-order chi connectivity index (χ0) is 12.0. The van der Waals surface area contributed by atoms with E-state index in [1.54, 1.807) is 6.07 Å². The van der Waals surface area contributed by atoms with E-state index in [1.807, 2.05) is 0 Å². The van der Waals surface area contributed by atoms with Crippen LogP contribution in [0.25, 0.3) is 10.1 Å². The Kier molecular flexibility index (Phi) is 2.50. The highest BCUT2D eigenvalue weighted by Gasteiger charge is 2.20. The first-order chi connectivity index (χ1) is 8.16. The van der Waals surface area contributed by atoms with Gasteiger partial charge in [0.15, 0.2) is 0 Å². The second-order valence-corrected chi connectivity index (χ2v) is 5.90. The summed E-state index contributed by atoms with van der Waals surface area (Å²) in [4.78, 5) is 24.0. The van der Waals surface area contributed by atoms with Crippen LogP contribution in [0, 0.1) is 0 Å². The first-order valence-electron chi connectivity index (χ1n) is 5.06. The van der Waals surface area contributed by atoms with Gasteiger partial charge in [-0.15, -0.1) is 11.3 Å². The molecule has 6 heteroatoms. The molecule has 0 unspecified atom stereocenters. The second kappa shape index (κ2) is 3.90. The van der Waals surface area contributed by atoms with Gasteiger partial charge in [0, 0.05) is 9.58 Å². The van der Waals surface area contributed by atoms with Crippen molar-refractivity contribution in [2.24, 2.45) is 0 Å². The number of thiophene rings is 1. The molecule has 0 spiro atoms. The molecule has 0 bridgehead atoms. The second-order valence-electron chi connectivity index (χ2n) is 3.75. The molecule has 3 heterocycles. The third-order valence-corrected chi connectivity index (χ3v) is 4.78. The fourth-order valence-corrected chi connectivity index (χ4v) is 4.15. The summed E-state index contributed by atoms with van der Waals surface area (Å²) >= 11 is 2.27. The number of hydrogen-bond donors (Lipinski definition) is 1. The molecular weight excluding hydrogens is 260 g/mol. The molecule has 0 atom stereocenters. The van der Waals surface area contributed by atoms with Gasteiger partial charge in [0.05, 0.1) is 18.6 Å². The van der Waals surface area contributed by atoms with Crippen molar-refractivity contribution in [1.29, 1.82) is 0 Å². The minimum atomic E-state index is -1.04. The Labute approximate surface area is 104 Å². The Hall–Kier alpha value is -1.24. The highest BCUT2D eigenvalue weighted by molar-refractivity contribution is 7.20. The number of aromatic carboxylic acids is 1. The Bertz CT molecular complexity index is 668. The van der Waals surface area contributed by atoms with Crippen molar-refractivity contribution in [2.75, 3.05) is 6.61 Å². The number of hydrogen-bond acceptors (Lipinski definition) is 5. The van der Waals surface area contributed by atoms with E-state index in [4.69, 9.17) is 9.84 Å².